The lowest BCUT2D eigenvalue weighted by Crippen LogP contribution is -2.25. The van der Waals surface area contributed by atoms with Crippen molar-refractivity contribution in [2.75, 3.05) is 0 Å². The monoisotopic (exact) mass is 407 g/mol. The molecule has 0 aliphatic rings. The summed E-state index contributed by atoms with van der Waals surface area (Å²) in [6, 6.07) is 15.3. The molecule has 1 unspecified atom stereocenters. The molecule has 0 fully saturated rings. The van der Waals surface area contributed by atoms with Crippen molar-refractivity contribution in [3.05, 3.63) is 98.6 Å². The Bertz CT molecular complexity index is 1200. The second kappa shape index (κ2) is 8.19. The summed E-state index contributed by atoms with van der Waals surface area (Å²) in [6.45, 7) is 4.44. The molecule has 0 saturated heterocycles. The third-order valence-corrected chi connectivity index (χ3v) is 5.20. The molecule has 0 spiro atoms. The number of halogens is 1. The van der Waals surface area contributed by atoms with Crippen LogP contribution in [0.15, 0.2) is 59.5 Å². The summed E-state index contributed by atoms with van der Waals surface area (Å²) in [5.41, 5.74) is 4.71. The number of nitrogens with zero attached hydrogens (tertiary/aromatic N) is 3. The van der Waals surface area contributed by atoms with Crippen molar-refractivity contribution in [3.63, 3.8) is 0 Å². The Kier molecular flexibility index (Phi) is 5.47. The average Bonchev–Trinajstić information content (AvgIpc) is 3.00. The second-order valence-electron chi connectivity index (χ2n) is 7.08. The predicted octanol–water partition coefficient (Wildman–Crippen LogP) is 3.76. The van der Waals surface area contributed by atoms with Crippen LogP contribution in [0.3, 0.4) is 0 Å². The molecule has 0 bridgehead atoms. The molecule has 3 aromatic heterocycles. The van der Waals surface area contributed by atoms with Gasteiger partial charge in [0.15, 0.2) is 0 Å². The van der Waals surface area contributed by atoms with E-state index in [4.69, 9.17) is 11.6 Å². The van der Waals surface area contributed by atoms with E-state index in [0.29, 0.717) is 23.8 Å². The van der Waals surface area contributed by atoms with Crippen LogP contribution in [0.25, 0.3) is 5.65 Å². The zero-order chi connectivity index (χ0) is 20.4. The molecule has 4 aromatic rings. The van der Waals surface area contributed by atoms with Gasteiger partial charge in [0.2, 0.25) is 0 Å². The van der Waals surface area contributed by atoms with Crippen molar-refractivity contribution in [1.29, 1.82) is 0 Å². The number of hydrogen-bond acceptors (Lipinski definition) is 4. The molecule has 2 N–H and O–H groups in total. The molecule has 0 saturated carbocycles. The predicted molar refractivity (Wildman–Crippen MR) is 114 cm³/mol. The van der Waals surface area contributed by atoms with Gasteiger partial charge in [-0.15, -0.1) is 0 Å². The highest BCUT2D eigenvalue weighted by Crippen LogP contribution is 2.21. The number of rotatable bonds is 6. The molecule has 29 heavy (non-hydrogen) atoms. The van der Waals surface area contributed by atoms with Crippen molar-refractivity contribution < 1.29 is 0 Å². The molecule has 3 heterocycles. The molecular weight excluding hydrogens is 386 g/mol. The molecule has 0 radical (unpaired) electrons. The van der Waals surface area contributed by atoms with E-state index >= 15 is 0 Å². The van der Waals surface area contributed by atoms with E-state index in [9.17, 15) is 4.79 Å². The molecule has 1 aromatic carbocycles. The zero-order valence-electron chi connectivity index (χ0n) is 16.3. The quantitative estimate of drug-likeness (QED) is 0.510. The van der Waals surface area contributed by atoms with Crippen molar-refractivity contribution >= 4 is 17.2 Å². The summed E-state index contributed by atoms with van der Waals surface area (Å²) in [5.74, 6) is 0.611. The van der Waals surface area contributed by atoms with Crippen LogP contribution < -0.4 is 10.9 Å². The van der Waals surface area contributed by atoms with Crippen LogP contribution >= 0.6 is 11.6 Å². The maximum atomic E-state index is 11.9. The van der Waals surface area contributed by atoms with Crippen LogP contribution in [0.1, 0.15) is 34.5 Å². The smallest absolute Gasteiger partial charge is 0.251 e. The highest BCUT2D eigenvalue weighted by Gasteiger charge is 2.16. The van der Waals surface area contributed by atoms with Gasteiger partial charge in [-0.25, -0.2) is 9.97 Å². The Hall–Kier alpha value is -2.96. The van der Waals surface area contributed by atoms with Crippen molar-refractivity contribution in [1.82, 2.24) is 24.7 Å². The molecule has 0 amide bonds. The van der Waals surface area contributed by atoms with E-state index in [1.807, 2.05) is 55.6 Å². The van der Waals surface area contributed by atoms with Gasteiger partial charge in [0, 0.05) is 42.0 Å². The van der Waals surface area contributed by atoms with Crippen LogP contribution in [0.5, 0.6) is 0 Å². The van der Waals surface area contributed by atoms with Gasteiger partial charge in [-0.3, -0.25) is 4.79 Å². The molecule has 1 atom stereocenters. The lowest BCUT2D eigenvalue weighted by Gasteiger charge is -2.19. The van der Waals surface area contributed by atoms with Gasteiger partial charge < -0.3 is 14.7 Å². The zero-order valence-corrected chi connectivity index (χ0v) is 17.1. The lowest BCUT2D eigenvalue weighted by atomic mass is 10.0. The van der Waals surface area contributed by atoms with Crippen molar-refractivity contribution in [3.8, 4) is 0 Å². The highest BCUT2D eigenvalue weighted by molar-refractivity contribution is 6.30. The van der Waals surface area contributed by atoms with E-state index < -0.39 is 0 Å². The summed E-state index contributed by atoms with van der Waals surface area (Å²) >= 11 is 6.07. The molecule has 0 aliphatic heterocycles. The Labute approximate surface area is 173 Å². The fourth-order valence-electron chi connectivity index (χ4n) is 3.56. The number of benzene rings is 1. The Morgan fingerprint density at radius 3 is 2.69 bits per heavy atom. The minimum absolute atomic E-state index is 0.0328. The third kappa shape index (κ3) is 4.39. The fourth-order valence-corrected chi connectivity index (χ4v) is 3.68. The number of aryl methyl sites for hydroxylation is 2. The standard InChI is InChI=1S/C22H22ClN5O/c1-14-20(28-10-4-3-5-21(28)25-14)13-24-19(16-6-8-17(23)9-7-16)11-18-12-22(29)27-15(2)26-18/h3-10,12,19,24H,11,13H2,1-2H3,(H,26,27,29). The number of nitrogens with one attached hydrogen (secondary N) is 2. The summed E-state index contributed by atoms with van der Waals surface area (Å²) in [4.78, 5) is 23.7. The van der Waals surface area contributed by atoms with Gasteiger partial charge in [0.05, 0.1) is 11.4 Å². The van der Waals surface area contributed by atoms with Gasteiger partial charge in [-0.05, 0) is 43.7 Å². The molecule has 4 rings (SSSR count). The number of pyridine rings is 1. The molecule has 148 valence electrons. The van der Waals surface area contributed by atoms with Crippen LogP contribution in [0.2, 0.25) is 5.02 Å². The van der Waals surface area contributed by atoms with E-state index in [0.717, 1.165) is 28.3 Å². The molecule has 0 aliphatic carbocycles. The highest BCUT2D eigenvalue weighted by atomic mass is 35.5. The topological polar surface area (TPSA) is 75.1 Å². The summed E-state index contributed by atoms with van der Waals surface area (Å²) in [6.07, 6.45) is 2.60. The second-order valence-corrected chi connectivity index (χ2v) is 7.52. The van der Waals surface area contributed by atoms with E-state index in [2.05, 4.69) is 24.7 Å². The van der Waals surface area contributed by atoms with Gasteiger partial charge in [-0.1, -0.05) is 29.8 Å². The van der Waals surface area contributed by atoms with Gasteiger partial charge in [0.1, 0.15) is 11.5 Å². The molecular formula is C22H22ClN5O. The summed E-state index contributed by atoms with van der Waals surface area (Å²) in [7, 11) is 0. The minimum Gasteiger partial charge on any atom is -0.311 e. The number of H-pyrrole nitrogens is 1. The summed E-state index contributed by atoms with van der Waals surface area (Å²) in [5, 5.41) is 4.31. The normalized spacial score (nSPS) is 12.4. The van der Waals surface area contributed by atoms with E-state index in [-0.39, 0.29) is 11.6 Å². The van der Waals surface area contributed by atoms with Gasteiger partial charge in [-0.2, -0.15) is 0 Å². The number of aromatic amines is 1. The van der Waals surface area contributed by atoms with Crippen LogP contribution in [0, 0.1) is 13.8 Å². The molecule has 7 heteroatoms. The first-order chi connectivity index (χ1) is 14.0. The first-order valence-corrected chi connectivity index (χ1v) is 9.85. The van der Waals surface area contributed by atoms with Crippen molar-refractivity contribution in [2.24, 2.45) is 0 Å². The average molecular weight is 408 g/mol. The number of hydrogen-bond donors (Lipinski definition) is 2. The van der Waals surface area contributed by atoms with Gasteiger partial charge in [0.25, 0.3) is 5.56 Å². The lowest BCUT2D eigenvalue weighted by molar-refractivity contribution is 0.516. The summed E-state index contributed by atoms with van der Waals surface area (Å²) < 4.78 is 2.09. The van der Waals surface area contributed by atoms with Crippen molar-refractivity contribution in [2.45, 2.75) is 32.9 Å². The Balaban J connectivity index is 1.63. The van der Waals surface area contributed by atoms with Crippen LogP contribution in [-0.4, -0.2) is 19.4 Å². The SMILES string of the molecule is Cc1nc(CC(NCc2c(C)nc3ccccn23)c2ccc(Cl)cc2)cc(=O)[nH]1. The number of imidazole rings is 1. The minimum atomic E-state index is -0.139. The Morgan fingerprint density at radius 1 is 1.14 bits per heavy atom. The maximum absolute atomic E-state index is 11.9. The van der Waals surface area contributed by atoms with Gasteiger partial charge >= 0.3 is 0 Å². The first kappa shape index (κ1) is 19.4. The largest absolute Gasteiger partial charge is 0.311 e. The maximum Gasteiger partial charge on any atom is 0.251 e. The molecule has 6 nitrogen and oxygen atoms in total. The third-order valence-electron chi connectivity index (χ3n) is 4.94. The van der Waals surface area contributed by atoms with E-state index in [1.54, 1.807) is 13.0 Å². The van der Waals surface area contributed by atoms with E-state index in [1.165, 1.54) is 0 Å². The van der Waals surface area contributed by atoms with Crippen LogP contribution in [0.4, 0.5) is 0 Å². The first-order valence-electron chi connectivity index (χ1n) is 9.48. The Morgan fingerprint density at radius 2 is 1.93 bits per heavy atom. The number of aromatic nitrogens is 4. The van der Waals surface area contributed by atoms with Crippen LogP contribution in [-0.2, 0) is 13.0 Å². The fraction of sp³-hybridized carbons (Fsp3) is 0.227. The number of fused-ring (bicyclic) bond motifs is 1.